The Balaban J connectivity index is 2.96. The summed E-state index contributed by atoms with van der Waals surface area (Å²) >= 11 is 0. The van der Waals surface area contributed by atoms with E-state index in [1.807, 2.05) is 27.7 Å². The molecule has 1 aliphatic heterocycles. The SMILES string of the molecule is CCO[P+]1([O-])O[C@H](C)[C@@H](C)[C@@H]1C(=O)C(C)C. The predicted octanol–water partition coefficient (Wildman–Crippen LogP) is 1.79. The number of carbonyl (C=O) groups excluding carboxylic acids is 1. The van der Waals surface area contributed by atoms with Crippen LogP contribution in [0.3, 0.4) is 0 Å². The molecule has 0 radical (unpaired) electrons. The lowest BCUT2D eigenvalue weighted by Gasteiger charge is -2.28. The van der Waals surface area contributed by atoms with Crippen molar-refractivity contribution in [1.29, 1.82) is 0 Å². The summed E-state index contributed by atoms with van der Waals surface area (Å²) in [5.41, 5.74) is -0.595. The summed E-state index contributed by atoms with van der Waals surface area (Å²) in [6, 6.07) is 0. The Bertz CT molecular complexity index is 269. The first-order chi connectivity index (χ1) is 7.33. The van der Waals surface area contributed by atoms with Crippen molar-refractivity contribution in [3.63, 3.8) is 0 Å². The highest BCUT2D eigenvalue weighted by Crippen LogP contribution is 2.66. The number of hydrogen-bond acceptors (Lipinski definition) is 4. The summed E-state index contributed by atoms with van der Waals surface area (Å²) in [5, 5.41) is 0. The van der Waals surface area contributed by atoms with Crippen molar-refractivity contribution in [2.24, 2.45) is 11.8 Å². The van der Waals surface area contributed by atoms with Crippen molar-refractivity contribution in [3.05, 3.63) is 0 Å². The molecule has 1 fully saturated rings. The largest absolute Gasteiger partial charge is 0.631 e. The monoisotopic (exact) mass is 248 g/mol. The van der Waals surface area contributed by atoms with E-state index >= 15 is 0 Å². The van der Waals surface area contributed by atoms with Gasteiger partial charge in [-0.15, -0.1) is 0 Å². The molecule has 94 valence electrons. The zero-order valence-corrected chi connectivity index (χ0v) is 11.5. The van der Waals surface area contributed by atoms with Crippen molar-refractivity contribution < 1.29 is 18.7 Å². The molecule has 0 aromatic rings. The lowest BCUT2D eigenvalue weighted by molar-refractivity contribution is -0.218. The van der Waals surface area contributed by atoms with E-state index in [0.29, 0.717) is 6.61 Å². The van der Waals surface area contributed by atoms with Gasteiger partial charge in [-0.3, -0.25) is 4.79 Å². The second kappa shape index (κ2) is 5.09. The van der Waals surface area contributed by atoms with Gasteiger partial charge >= 0.3 is 0 Å². The van der Waals surface area contributed by atoms with Gasteiger partial charge in [0.25, 0.3) is 0 Å². The highest BCUT2D eigenvalue weighted by Gasteiger charge is 2.58. The van der Waals surface area contributed by atoms with E-state index < -0.39 is 13.6 Å². The fourth-order valence-electron chi connectivity index (χ4n) is 1.99. The molecule has 0 saturated carbocycles. The molecule has 1 saturated heterocycles. The second-order valence-electron chi connectivity index (χ2n) is 4.63. The molecule has 0 amide bonds. The minimum Gasteiger partial charge on any atom is -0.631 e. The van der Waals surface area contributed by atoms with E-state index in [0.717, 1.165) is 0 Å². The number of Topliss-reactive ketones (excluding diaryl/α,β-unsaturated/α-hetero) is 1. The summed E-state index contributed by atoms with van der Waals surface area (Å²) in [6.45, 7) is 9.42. The molecule has 1 unspecified atom stereocenters. The first kappa shape index (κ1) is 14.0. The number of hydrogen-bond donors (Lipinski definition) is 0. The molecule has 16 heavy (non-hydrogen) atoms. The Morgan fingerprint density at radius 2 is 2.06 bits per heavy atom. The molecule has 1 heterocycles. The van der Waals surface area contributed by atoms with Crippen LogP contribution in [0.15, 0.2) is 0 Å². The first-order valence-corrected chi connectivity index (χ1v) is 7.41. The van der Waals surface area contributed by atoms with Gasteiger partial charge in [0.1, 0.15) is 6.10 Å². The number of rotatable bonds is 4. The molecule has 0 aliphatic carbocycles. The molecule has 5 heteroatoms. The van der Waals surface area contributed by atoms with Crippen LogP contribution in [0.2, 0.25) is 0 Å². The van der Waals surface area contributed by atoms with Crippen LogP contribution in [-0.2, 0) is 13.8 Å². The molecule has 4 nitrogen and oxygen atoms in total. The summed E-state index contributed by atoms with van der Waals surface area (Å²) < 4.78 is 10.6. The van der Waals surface area contributed by atoms with E-state index in [4.69, 9.17) is 9.05 Å². The van der Waals surface area contributed by atoms with Crippen LogP contribution in [0, 0.1) is 11.8 Å². The van der Waals surface area contributed by atoms with Gasteiger partial charge in [0.15, 0.2) is 11.4 Å². The zero-order valence-electron chi connectivity index (χ0n) is 10.6. The van der Waals surface area contributed by atoms with Gasteiger partial charge < -0.3 is 4.89 Å². The fraction of sp³-hybridized carbons (Fsp3) is 0.909. The Hall–Kier alpha value is -0.0200. The number of carbonyl (C=O) groups is 1. The van der Waals surface area contributed by atoms with Crippen LogP contribution in [0.4, 0.5) is 0 Å². The standard InChI is InChI=1S/C11H21O4P/c1-6-14-16(13)11(10(12)7(2)3)8(4)9(5)15-16/h7-9,11H,6H2,1-5H3/t8-,9-,11-,16?/m1/s1. The number of ketones is 1. The lowest BCUT2D eigenvalue weighted by Crippen LogP contribution is -2.35. The second-order valence-corrected chi connectivity index (χ2v) is 6.73. The Morgan fingerprint density at radius 3 is 2.50 bits per heavy atom. The Kier molecular flexibility index (Phi) is 4.47. The molecule has 1 aliphatic rings. The Morgan fingerprint density at radius 1 is 1.50 bits per heavy atom. The summed E-state index contributed by atoms with van der Waals surface area (Å²) in [6.07, 6.45) is -0.190. The van der Waals surface area contributed by atoms with E-state index in [-0.39, 0.29) is 23.7 Å². The van der Waals surface area contributed by atoms with Crippen LogP contribution in [0.1, 0.15) is 34.6 Å². The van der Waals surface area contributed by atoms with Crippen molar-refractivity contribution >= 4 is 13.7 Å². The van der Waals surface area contributed by atoms with Gasteiger partial charge in [-0.2, -0.15) is 0 Å². The quantitative estimate of drug-likeness (QED) is 0.712. The van der Waals surface area contributed by atoms with Crippen molar-refractivity contribution in [3.8, 4) is 0 Å². The van der Waals surface area contributed by atoms with Crippen LogP contribution in [-0.4, -0.2) is 24.2 Å². The van der Waals surface area contributed by atoms with E-state index in [2.05, 4.69) is 0 Å². The van der Waals surface area contributed by atoms with Crippen LogP contribution in [0.25, 0.3) is 0 Å². The maximum absolute atomic E-state index is 12.4. The maximum Gasteiger partial charge on any atom is 0.248 e. The van der Waals surface area contributed by atoms with Crippen LogP contribution >= 0.6 is 7.94 Å². The normalized spacial score (nSPS) is 39.3. The molecule has 4 atom stereocenters. The highest BCUT2D eigenvalue weighted by molar-refractivity contribution is 7.61. The Labute approximate surface area is 97.9 Å². The van der Waals surface area contributed by atoms with E-state index in [1.54, 1.807) is 6.92 Å². The van der Waals surface area contributed by atoms with Crippen molar-refractivity contribution in [2.75, 3.05) is 6.61 Å². The molecule has 1 rings (SSSR count). The summed E-state index contributed by atoms with van der Waals surface area (Å²) in [5.74, 6) is -0.212. The van der Waals surface area contributed by atoms with Gasteiger partial charge in [0.05, 0.1) is 6.61 Å². The molecule has 0 aromatic heterocycles. The molecule has 0 aromatic carbocycles. The van der Waals surface area contributed by atoms with Gasteiger partial charge in [-0.1, -0.05) is 20.8 Å². The van der Waals surface area contributed by atoms with E-state index in [9.17, 15) is 9.69 Å². The van der Waals surface area contributed by atoms with Crippen LogP contribution in [0.5, 0.6) is 0 Å². The van der Waals surface area contributed by atoms with Gasteiger partial charge in [-0.05, 0) is 13.8 Å². The third-order valence-electron chi connectivity index (χ3n) is 3.06. The van der Waals surface area contributed by atoms with Crippen molar-refractivity contribution in [1.82, 2.24) is 0 Å². The van der Waals surface area contributed by atoms with Gasteiger partial charge in [0.2, 0.25) is 7.94 Å². The van der Waals surface area contributed by atoms with Crippen molar-refractivity contribution in [2.45, 2.75) is 46.4 Å². The molecule has 0 N–H and O–H groups in total. The highest BCUT2D eigenvalue weighted by atomic mass is 31.2. The predicted molar refractivity (Wildman–Crippen MR) is 61.9 cm³/mol. The van der Waals surface area contributed by atoms with Crippen LogP contribution < -0.4 is 4.89 Å². The third-order valence-corrected chi connectivity index (χ3v) is 5.71. The van der Waals surface area contributed by atoms with Gasteiger partial charge in [0, 0.05) is 11.8 Å². The summed E-state index contributed by atoms with van der Waals surface area (Å²) in [7, 11) is -3.25. The minimum absolute atomic E-state index is 0.0198. The lowest BCUT2D eigenvalue weighted by atomic mass is 9.94. The molecular formula is C11H21O4P. The minimum atomic E-state index is -3.25. The topological polar surface area (TPSA) is 58.6 Å². The fourth-order valence-corrected chi connectivity index (χ4v) is 4.78. The summed E-state index contributed by atoms with van der Waals surface area (Å²) in [4.78, 5) is 24.5. The maximum atomic E-state index is 12.4. The molecule has 0 spiro atoms. The smallest absolute Gasteiger partial charge is 0.248 e. The van der Waals surface area contributed by atoms with E-state index in [1.165, 1.54) is 0 Å². The van der Waals surface area contributed by atoms with Gasteiger partial charge in [-0.25, -0.2) is 9.05 Å². The zero-order chi connectivity index (χ0) is 12.5. The average molecular weight is 248 g/mol. The average Bonchev–Trinajstić information content (AvgIpc) is 2.37. The molecule has 0 bridgehead atoms. The third kappa shape index (κ3) is 2.45. The first-order valence-electron chi connectivity index (χ1n) is 5.79. The molecular weight excluding hydrogens is 227 g/mol.